The number of fused-ring (bicyclic) bond motifs is 4. The Morgan fingerprint density at radius 1 is 0.537 bits per heavy atom. The molecule has 0 bridgehead atoms. The summed E-state index contributed by atoms with van der Waals surface area (Å²) >= 11 is 0. The average molecular weight is 540 g/mol. The van der Waals surface area contributed by atoms with E-state index in [4.69, 9.17) is 0 Å². The van der Waals surface area contributed by atoms with Gasteiger partial charge < -0.3 is 10.6 Å². The summed E-state index contributed by atoms with van der Waals surface area (Å²) in [6.45, 7) is 1.23. The van der Waals surface area contributed by atoms with Gasteiger partial charge in [0.2, 0.25) is 0 Å². The first-order chi connectivity index (χ1) is 20.1. The Balaban J connectivity index is 0.894. The molecule has 1 radical (unpaired) electrons. The minimum atomic E-state index is -0.0690. The number of pyridine rings is 2. The number of unbranched alkanes of at least 4 members (excludes halogenated alkanes) is 4. The monoisotopic (exact) mass is 539 g/mol. The van der Waals surface area contributed by atoms with Crippen molar-refractivity contribution in [1.82, 2.24) is 20.6 Å². The fourth-order valence-electron chi connectivity index (χ4n) is 5.09. The van der Waals surface area contributed by atoms with Gasteiger partial charge in [0.05, 0.1) is 22.1 Å². The zero-order valence-electron chi connectivity index (χ0n) is 22.8. The van der Waals surface area contributed by atoms with Crippen molar-refractivity contribution in [3.8, 4) is 0 Å². The number of carbonyl (C=O) groups excluding carboxylic acids is 2. The smallest absolute Gasteiger partial charge is 0.251 e. The first-order valence-electron chi connectivity index (χ1n) is 14.1. The van der Waals surface area contributed by atoms with Gasteiger partial charge >= 0.3 is 0 Å². The number of carbonyl (C=O) groups is 2. The number of amides is 2. The molecular weight excluding hydrogens is 508 g/mol. The molecule has 6 rings (SSSR count). The number of nitrogens with one attached hydrogen (secondary N) is 2. The van der Waals surface area contributed by atoms with Gasteiger partial charge in [-0.2, -0.15) is 0 Å². The van der Waals surface area contributed by atoms with Crippen LogP contribution in [0.25, 0.3) is 43.6 Å². The van der Waals surface area contributed by atoms with Crippen molar-refractivity contribution in [1.29, 1.82) is 0 Å². The van der Waals surface area contributed by atoms with Crippen molar-refractivity contribution in [2.75, 3.05) is 13.1 Å². The average Bonchev–Trinajstić information content (AvgIpc) is 3.01. The predicted molar refractivity (Wildman–Crippen MR) is 166 cm³/mol. The van der Waals surface area contributed by atoms with Gasteiger partial charge in [-0.1, -0.05) is 36.4 Å². The summed E-state index contributed by atoms with van der Waals surface area (Å²) in [6, 6.07) is 31.4. The number of aromatic nitrogens is 2. The number of nitrogens with zero attached hydrogens (tertiary/aromatic N) is 2. The van der Waals surface area contributed by atoms with Crippen LogP contribution in [0.15, 0.2) is 97.1 Å². The van der Waals surface area contributed by atoms with Crippen LogP contribution in [0, 0.1) is 6.42 Å². The van der Waals surface area contributed by atoms with Gasteiger partial charge in [-0.05, 0) is 92.8 Å². The summed E-state index contributed by atoms with van der Waals surface area (Å²) in [5.74, 6) is -0.138. The highest BCUT2D eigenvalue weighted by molar-refractivity contribution is 6.01. The van der Waals surface area contributed by atoms with E-state index in [-0.39, 0.29) is 11.8 Å². The molecule has 0 atom stereocenters. The maximum Gasteiger partial charge on any atom is 0.251 e. The molecule has 0 unspecified atom stereocenters. The van der Waals surface area contributed by atoms with Gasteiger partial charge in [0.25, 0.3) is 11.8 Å². The summed E-state index contributed by atoms with van der Waals surface area (Å²) in [5, 5.41) is 10.1. The Hall–Kier alpha value is -4.84. The maximum atomic E-state index is 12.7. The second kappa shape index (κ2) is 12.1. The summed E-state index contributed by atoms with van der Waals surface area (Å²) < 4.78 is 0. The Bertz CT molecular complexity index is 1740. The third-order valence-electron chi connectivity index (χ3n) is 7.30. The lowest BCUT2D eigenvalue weighted by atomic mass is 10.1. The molecule has 0 fully saturated rings. The summed E-state index contributed by atoms with van der Waals surface area (Å²) in [6.07, 6.45) is 5.79. The molecule has 4 aromatic carbocycles. The zero-order valence-corrected chi connectivity index (χ0v) is 22.8. The Morgan fingerprint density at radius 3 is 1.46 bits per heavy atom. The lowest BCUT2D eigenvalue weighted by Gasteiger charge is -2.08. The standard InChI is InChI=1S/C35H31N4O2/c40-34(26-14-16-32-28(22-26)20-24-10-4-6-12-30(24)38-32)36-18-8-2-1-3-9-19-37-35(41)27-15-17-33-29(23-27)21-25-11-5-7-13-31(25)39-33/h1,4-7,10-17,20-23H,2-3,8-9,18-19H2,(H,36,40)(H,37,41). The fourth-order valence-corrected chi connectivity index (χ4v) is 5.09. The fraction of sp³-hybridized carbons (Fsp3) is 0.171. The SMILES string of the molecule is O=C(NCCC[CH]CCCNC(=O)c1ccc2nc3ccccc3cc2c1)c1ccc2nc3ccccc3cc2c1. The van der Waals surface area contributed by atoms with Crippen LogP contribution < -0.4 is 10.6 Å². The third-order valence-corrected chi connectivity index (χ3v) is 7.30. The molecule has 6 aromatic rings. The molecule has 6 nitrogen and oxygen atoms in total. The third kappa shape index (κ3) is 6.17. The van der Waals surface area contributed by atoms with E-state index in [1.807, 2.05) is 84.9 Å². The van der Waals surface area contributed by atoms with Crippen molar-refractivity contribution in [2.24, 2.45) is 0 Å². The Morgan fingerprint density at radius 2 is 0.976 bits per heavy atom. The van der Waals surface area contributed by atoms with Gasteiger partial charge in [0, 0.05) is 45.8 Å². The van der Waals surface area contributed by atoms with Gasteiger partial charge in [-0.15, -0.1) is 0 Å². The summed E-state index contributed by atoms with van der Waals surface area (Å²) in [4.78, 5) is 34.7. The van der Waals surface area contributed by atoms with E-state index in [1.54, 1.807) is 0 Å². The van der Waals surface area contributed by atoms with Crippen LogP contribution in [0.3, 0.4) is 0 Å². The van der Waals surface area contributed by atoms with E-state index >= 15 is 0 Å². The Labute approximate surface area is 238 Å². The molecule has 0 aliphatic carbocycles. The van der Waals surface area contributed by atoms with Crippen molar-refractivity contribution >= 4 is 55.4 Å². The number of hydrogen-bond donors (Lipinski definition) is 2. The molecule has 203 valence electrons. The topological polar surface area (TPSA) is 84.0 Å². The number of benzene rings is 4. The van der Waals surface area contributed by atoms with E-state index in [9.17, 15) is 9.59 Å². The van der Waals surface area contributed by atoms with E-state index in [0.717, 1.165) is 69.3 Å². The highest BCUT2D eigenvalue weighted by Gasteiger charge is 2.09. The molecule has 0 saturated heterocycles. The highest BCUT2D eigenvalue weighted by atomic mass is 16.2. The van der Waals surface area contributed by atoms with Crippen LogP contribution in [-0.4, -0.2) is 34.9 Å². The van der Waals surface area contributed by atoms with E-state index in [0.29, 0.717) is 24.2 Å². The van der Waals surface area contributed by atoms with Crippen LogP contribution >= 0.6 is 0 Å². The van der Waals surface area contributed by atoms with Crippen molar-refractivity contribution in [3.63, 3.8) is 0 Å². The Kier molecular flexibility index (Phi) is 7.81. The van der Waals surface area contributed by atoms with Crippen LogP contribution in [0.1, 0.15) is 46.4 Å². The van der Waals surface area contributed by atoms with Crippen molar-refractivity contribution in [3.05, 3.63) is 115 Å². The highest BCUT2D eigenvalue weighted by Crippen LogP contribution is 2.22. The molecule has 2 aromatic heterocycles. The first-order valence-corrected chi connectivity index (χ1v) is 14.1. The van der Waals surface area contributed by atoms with Crippen molar-refractivity contribution < 1.29 is 9.59 Å². The number of rotatable bonds is 10. The van der Waals surface area contributed by atoms with Gasteiger partial charge in [-0.25, -0.2) is 9.97 Å². The van der Waals surface area contributed by atoms with Gasteiger partial charge in [0.1, 0.15) is 0 Å². The molecule has 0 aliphatic rings. The van der Waals surface area contributed by atoms with Gasteiger partial charge in [-0.3, -0.25) is 9.59 Å². The van der Waals surface area contributed by atoms with E-state index < -0.39 is 0 Å². The first kappa shape index (κ1) is 26.4. The molecule has 2 heterocycles. The minimum absolute atomic E-state index is 0.0690. The van der Waals surface area contributed by atoms with E-state index in [1.165, 1.54) is 0 Å². The molecule has 2 amide bonds. The van der Waals surface area contributed by atoms with Crippen LogP contribution in [0.5, 0.6) is 0 Å². The predicted octanol–water partition coefficient (Wildman–Crippen LogP) is 7.01. The van der Waals surface area contributed by atoms with Crippen molar-refractivity contribution in [2.45, 2.75) is 25.7 Å². The molecule has 0 aliphatic heterocycles. The zero-order chi connectivity index (χ0) is 28.0. The summed E-state index contributed by atoms with van der Waals surface area (Å²) in [7, 11) is 0. The normalized spacial score (nSPS) is 11.3. The molecular formula is C35H31N4O2. The van der Waals surface area contributed by atoms with Gasteiger partial charge in [0.15, 0.2) is 0 Å². The molecule has 0 saturated carbocycles. The second-order valence-electron chi connectivity index (χ2n) is 10.3. The molecule has 2 N–H and O–H groups in total. The van der Waals surface area contributed by atoms with Crippen LogP contribution in [0.4, 0.5) is 0 Å². The number of hydrogen-bond acceptors (Lipinski definition) is 4. The summed E-state index contributed by atoms with van der Waals surface area (Å²) in [5.41, 5.74) is 4.96. The lowest BCUT2D eigenvalue weighted by molar-refractivity contribution is 0.0945. The minimum Gasteiger partial charge on any atom is -0.352 e. The van der Waals surface area contributed by atoms with Crippen LogP contribution in [0.2, 0.25) is 0 Å². The van der Waals surface area contributed by atoms with E-state index in [2.05, 4.69) is 39.2 Å². The quantitative estimate of drug-likeness (QED) is 0.145. The molecule has 41 heavy (non-hydrogen) atoms. The molecule has 0 spiro atoms. The second-order valence-corrected chi connectivity index (χ2v) is 10.3. The molecule has 6 heteroatoms. The lowest BCUT2D eigenvalue weighted by Crippen LogP contribution is -2.24. The number of para-hydroxylation sites is 2. The maximum absolute atomic E-state index is 12.7. The van der Waals surface area contributed by atoms with Crippen LogP contribution in [-0.2, 0) is 0 Å². The largest absolute Gasteiger partial charge is 0.352 e.